The highest BCUT2D eigenvalue weighted by molar-refractivity contribution is 5.77. The van der Waals surface area contributed by atoms with Gasteiger partial charge in [-0.3, -0.25) is 9.59 Å². The predicted molar refractivity (Wildman–Crippen MR) is 63.3 cm³/mol. The average Bonchev–Trinajstić information content (AvgIpc) is 2.51. The van der Waals surface area contributed by atoms with Gasteiger partial charge in [-0.05, 0) is 13.3 Å². The van der Waals surface area contributed by atoms with Crippen LogP contribution in [0.25, 0.3) is 0 Å². The molecule has 1 aliphatic heterocycles. The molecule has 0 aromatic heterocycles. The van der Waals surface area contributed by atoms with Crippen LogP contribution in [0, 0.1) is 11.8 Å². The Morgan fingerprint density at radius 1 is 1.47 bits per heavy atom. The first-order valence-electron chi connectivity index (χ1n) is 6.38. The van der Waals surface area contributed by atoms with Crippen molar-refractivity contribution in [3.8, 4) is 0 Å². The summed E-state index contributed by atoms with van der Waals surface area (Å²) in [6, 6.07) is 0. The van der Waals surface area contributed by atoms with Gasteiger partial charge in [0.1, 0.15) is 6.10 Å². The van der Waals surface area contributed by atoms with Gasteiger partial charge in [0.05, 0.1) is 11.8 Å². The van der Waals surface area contributed by atoms with Gasteiger partial charge in [-0.25, -0.2) is 0 Å². The summed E-state index contributed by atoms with van der Waals surface area (Å²) in [5.74, 6) is -0.952. The minimum atomic E-state index is -0.413. The molecule has 0 bridgehead atoms. The molecule has 4 nitrogen and oxygen atoms in total. The van der Waals surface area contributed by atoms with E-state index < -0.39 is 6.10 Å². The van der Waals surface area contributed by atoms with Gasteiger partial charge in [0.15, 0.2) is 6.10 Å². The summed E-state index contributed by atoms with van der Waals surface area (Å²) in [4.78, 5) is 23.2. The number of rotatable bonds is 5. The lowest BCUT2D eigenvalue weighted by atomic mass is 9.95. The molecule has 17 heavy (non-hydrogen) atoms. The zero-order chi connectivity index (χ0) is 13.0. The zero-order valence-corrected chi connectivity index (χ0v) is 11.1. The molecule has 1 fully saturated rings. The molecule has 3 atom stereocenters. The molecular weight excluding hydrogens is 220 g/mol. The number of ether oxygens (including phenoxy) is 2. The van der Waals surface area contributed by atoms with Crippen LogP contribution in [-0.2, 0) is 19.1 Å². The number of hydrogen-bond donors (Lipinski definition) is 0. The number of hydrogen-bond acceptors (Lipinski definition) is 4. The third-order valence-electron chi connectivity index (χ3n) is 3.06. The standard InChI is InChI=1S/C13H22O4/c1-5-6-7-10-11(9(4)16-13(10)15)17-12(14)8(2)3/h8-11H,5-7H2,1-4H3/t9-,10+,11?/m0/s1. The van der Waals surface area contributed by atoms with E-state index in [9.17, 15) is 9.59 Å². The highest BCUT2D eigenvalue weighted by Crippen LogP contribution is 2.29. The minimum absolute atomic E-state index is 0.176. The highest BCUT2D eigenvalue weighted by Gasteiger charge is 2.44. The molecule has 0 N–H and O–H groups in total. The molecule has 0 aromatic rings. The SMILES string of the molecule is CCCC[C@H]1C(=O)O[C@@H](C)C1OC(=O)C(C)C. The van der Waals surface area contributed by atoms with Gasteiger partial charge in [0.2, 0.25) is 0 Å². The van der Waals surface area contributed by atoms with Crippen LogP contribution in [0.1, 0.15) is 47.0 Å². The summed E-state index contributed by atoms with van der Waals surface area (Å²) in [7, 11) is 0. The van der Waals surface area contributed by atoms with Gasteiger partial charge in [0.25, 0.3) is 0 Å². The van der Waals surface area contributed by atoms with Gasteiger partial charge in [-0.15, -0.1) is 0 Å². The summed E-state index contributed by atoms with van der Waals surface area (Å²) >= 11 is 0. The van der Waals surface area contributed by atoms with E-state index in [0.29, 0.717) is 0 Å². The van der Waals surface area contributed by atoms with Crippen LogP contribution in [0.4, 0.5) is 0 Å². The van der Waals surface area contributed by atoms with Crippen LogP contribution in [-0.4, -0.2) is 24.1 Å². The zero-order valence-electron chi connectivity index (χ0n) is 11.1. The fourth-order valence-electron chi connectivity index (χ4n) is 1.95. The lowest BCUT2D eigenvalue weighted by Crippen LogP contribution is -2.32. The number of cyclic esters (lactones) is 1. The van der Waals surface area contributed by atoms with E-state index in [1.165, 1.54) is 0 Å². The lowest BCUT2D eigenvalue weighted by molar-refractivity contribution is -0.157. The fourth-order valence-corrected chi connectivity index (χ4v) is 1.95. The van der Waals surface area contributed by atoms with Gasteiger partial charge < -0.3 is 9.47 Å². The first-order chi connectivity index (χ1) is 7.97. The van der Waals surface area contributed by atoms with Gasteiger partial charge in [-0.2, -0.15) is 0 Å². The van der Waals surface area contributed by atoms with Gasteiger partial charge in [0, 0.05) is 0 Å². The van der Waals surface area contributed by atoms with Crippen molar-refractivity contribution >= 4 is 11.9 Å². The molecule has 0 saturated carbocycles. The van der Waals surface area contributed by atoms with Crippen LogP contribution in [0.3, 0.4) is 0 Å². The number of carbonyl (C=O) groups excluding carboxylic acids is 2. The topological polar surface area (TPSA) is 52.6 Å². The summed E-state index contributed by atoms with van der Waals surface area (Å²) in [5.41, 5.74) is 0. The van der Waals surface area contributed by atoms with Crippen LogP contribution in [0.15, 0.2) is 0 Å². The number of unbranched alkanes of at least 4 members (excludes halogenated alkanes) is 1. The molecule has 1 unspecified atom stereocenters. The van der Waals surface area contributed by atoms with Crippen LogP contribution in [0.5, 0.6) is 0 Å². The minimum Gasteiger partial charge on any atom is -0.458 e. The quantitative estimate of drug-likeness (QED) is 0.694. The van der Waals surface area contributed by atoms with Gasteiger partial charge in [-0.1, -0.05) is 33.6 Å². The molecule has 0 spiro atoms. The Kier molecular flexibility index (Phi) is 4.97. The fraction of sp³-hybridized carbons (Fsp3) is 0.846. The number of esters is 2. The van der Waals surface area contributed by atoms with Crippen LogP contribution in [0.2, 0.25) is 0 Å². The molecule has 1 rings (SSSR count). The maximum absolute atomic E-state index is 11.6. The van der Waals surface area contributed by atoms with E-state index in [1.807, 2.05) is 0 Å². The second-order valence-electron chi connectivity index (χ2n) is 4.95. The molecule has 1 aliphatic rings. The monoisotopic (exact) mass is 242 g/mol. The summed E-state index contributed by atoms with van der Waals surface area (Å²) in [6.45, 7) is 7.42. The van der Waals surface area contributed by atoms with Crippen molar-refractivity contribution in [1.29, 1.82) is 0 Å². The largest absolute Gasteiger partial charge is 0.458 e. The normalized spacial score (nSPS) is 28.3. The maximum Gasteiger partial charge on any atom is 0.313 e. The Hall–Kier alpha value is -1.06. The van der Waals surface area contributed by atoms with Crippen molar-refractivity contribution in [1.82, 2.24) is 0 Å². The Morgan fingerprint density at radius 2 is 2.12 bits per heavy atom. The Balaban J connectivity index is 2.65. The van der Waals surface area contributed by atoms with Crippen molar-refractivity contribution < 1.29 is 19.1 Å². The molecule has 0 aliphatic carbocycles. The smallest absolute Gasteiger partial charge is 0.313 e. The average molecular weight is 242 g/mol. The highest BCUT2D eigenvalue weighted by atomic mass is 16.6. The Labute approximate surface area is 103 Å². The van der Waals surface area contributed by atoms with E-state index in [4.69, 9.17) is 9.47 Å². The Morgan fingerprint density at radius 3 is 2.65 bits per heavy atom. The molecule has 0 aromatic carbocycles. The second kappa shape index (κ2) is 6.03. The van der Waals surface area contributed by atoms with Crippen molar-refractivity contribution in [3.05, 3.63) is 0 Å². The molecule has 0 amide bonds. The molecule has 98 valence electrons. The van der Waals surface area contributed by atoms with E-state index >= 15 is 0 Å². The van der Waals surface area contributed by atoms with E-state index in [1.54, 1.807) is 20.8 Å². The third-order valence-corrected chi connectivity index (χ3v) is 3.06. The lowest BCUT2D eigenvalue weighted by Gasteiger charge is -2.20. The van der Waals surface area contributed by atoms with Crippen molar-refractivity contribution in [3.63, 3.8) is 0 Å². The molecule has 4 heteroatoms. The first-order valence-corrected chi connectivity index (χ1v) is 6.38. The van der Waals surface area contributed by atoms with E-state index in [0.717, 1.165) is 19.3 Å². The molecule has 1 heterocycles. The second-order valence-corrected chi connectivity index (χ2v) is 4.95. The van der Waals surface area contributed by atoms with Crippen LogP contribution < -0.4 is 0 Å². The van der Waals surface area contributed by atoms with Crippen molar-refractivity contribution in [2.75, 3.05) is 0 Å². The Bertz CT molecular complexity index is 285. The summed E-state index contributed by atoms with van der Waals surface area (Å²) < 4.78 is 10.5. The number of carbonyl (C=O) groups is 2. The summed E-state index contributed by atoms with van der Waals surface area (Å²) in [5, 5.41) is 0. The third kappa shape index (κ3) is 3.45. The molecule has 0 radical (unpaired) electrons. The van der Waals surface area contributed by atoms with Crippen molar-refractivity contribution in [2.24, 2.45) is 11.8 Å². The van der Waals surface area contributed by atoms with E-state index in [2.05, 4.69) is 6.92 Å². The van der Waals surface area contributed by atoms with Gasteiger partial charge >= 0.3 is 11.9 Å². The first kappa shape index (κ1) is 14.0. The molecule has 1 saturated heterocycles. The van der Waals surface area contributed by atoms with E-state index in [-0.39, 0.29) is 29.9 Å². The maximum atomic E-state index is 11.6. The van der Waals surface area contributed by atoms with Crippen LogP contribution >= 0.6 is 0 Å². The summed E-state index contributed by atoms with van der Waals surface area (Å²) in [6.07, 6.45) is 1.96. The predicted octanol–water partition coefficient (Wildman–Crippen LogP) is 2.31. The molecular formula is C13H22O4. The van der Waals surface area contributed by atoms with Crippen molar-refractivity contribution in [2.45, 2.75) is 59.2 Å².